The molecule has 1 aromatic carbocycles. The highest BCUT2D eigenvalue weighted by Gasteiger charge is 2.01. The minimum atomic E-state index is -1.83. The average Bonchev–Trinajstić information content (AvgIpc) is 1.96. The summed E-state index contributed by atoms with van der Waals surface area (Å²) < 4.78 is 19.5. The summed E-state index contributed by atoms with van der Waals surface area (Å²) in [5.74, 6) is 0.210. The molecule has 1 rings (SSSR count). The third-order valence-corrected chi connectivity index (χ3v) is 2.52. The first kappa shape index (κ1) is 9.70. The number of aromatic hydroxyl groups is 1. The molecule has 0 heterocycles. The fourth-order valence-electron chi connectivity index (χ4n) is 0.783. The molecule has 0 aromatic heterocycles. The predicted octanol–water partition coefficient (Wildman–Crippen LogP) is 1.88. The second kappa shape index (κ2) is 4.02. The molecule has 66 valence electrons. The molecule has 0 amide bonds. The molecule has 2 N–H and O–H groups in total. The van der Waals surface area contributed by atoms with Gasteiger partial charge in [-0.3, -0.25) is 0 Å². The Morgan fingerprint density at radius 3 is 2.67 bits per heavy atom. The summed E-state index contributed by atoms with van der Waals surface area (Å²) in [6, 6.07) is 4.70. The molecule has 1 aromatic rings. The Bertz CT molecular complexity index is 314. The molecule has 5 heteroatoms. The molecule has 0 aliphatic rings. The van der Waals surface area contributed by atoms with E-state index in [1.807, 2.05) is 0 Å². The Balaban J connectivity index is 2.89. The van der Waals surface area contributed by atoms with E-state index < -0.39 is 11.1 Å². The van der Waals surface area contributed by atoms with Gasteiger partial charge >= 0.3 is 0 Å². The van der Waals surface area contributed by atoms with Crippen LogP contribution >= 0.6 is 15.9 Å². The van der Waals surface area contributed by atoms with E-state index in [1.165, 1.54) is 6.07 Å². The number of halogens is 1. The van der Waals surface area contributed by atoms with Crippen LogP contribution in [-0.4, -0.2) is 13.9 Å². The highest BCUT2D eigenvalue weighted by Crippen LogP contribution is 2.24. The molecule has 0 aliphatic heterocycles. The molecule has 1 atom stereocenters. The number of hydrogen-bond acceptors (Lipinski definition) is 2. The monoisotopic (exact) mass is 250 g/mol. The highest BCUT2D eigenvalue weighted by molar-refractivity contribution is 9.10. The second-order valence-electron chi connectivity index (χ2n) is 2.25. The zero-order valence-corrected chi connectivity index (χ0v) is 8.43. The largest absolute Gasteiger partial charge is 0.507 e. The number of phenolic OH excluding ortho intramolecular Hbond substituents is 1. The van der Waals surface area contributed by atoms with E-state index in [-0.39, 0.29) is 11.5 Å². The number of phenols is 1. The molecule has 0 saturated carbocycles. The van der Waals surface area contributed by atoms with Crippen molar-refractivity contribution >= 4 is 27.0 Å². The zero-order valence-electron chi connectivity index (χ0n) is 6.03. The van der Waals surface area contributed by atoms with Crippen molar-refractivity contribution < 1.29 is 13.9 Å². The molecule has 0 bridgehead atoms. The molecular formula is C7H7BrO3S. The van der Waals surface area contributed by atoms with Crippen molar-refractivity contribution in [1.82, 2.24) is 0 Å². The SMILES string of the molecule is O=S(O)Cc1ccc(O)c(Br)c1. The van der Waals surface area contributed by atoms with Crippen LogP contribution in [0.2, 0.25) is 0 Å². The van der Waals surface area contributed by atoms with E-state index in [2.05, 4.69) is 15.9 Å². The summed E-state index contributed by atoms with van der Waals surface area (Å²) >= 11 is 1.27. The highest BCUT2D eigenvalue weighted by atomic mass is 79.9. The Kier molecular flexibility index (Phi) is 3.25. The fourth-order valence-corrected chi connectivity index (χ4v) is 1.67. The van der Waals surface area contributed by atoms with E-state index in [0.29, 0.717) is 10.0 Å². The third-order valence-electron chi connectivity index (χ3n) is 1.30. The van der Waals surface area contributed by atoms with Crippen LogP contribution in [0.4, 0.5) is 0 Å². The Morgan fingerprint density at radius 2 is 2.17 bits per heavy atom. The summed E-state index contributed by atoms with van der Waals surface area (Å²) in [7, 11) is 0. The quantitative estimate of drug-likeness (QED) is 0.789. The van der Waals surface area contributed by atoms with Gasteiger partial charge in [-0.05, 0) is 33.6 Å². The molecular weight excluding hydrogens is 244 g/mol. The molecule has 12 heavy (non-hydrogen) atoms. The van der Waals surface area contributed by atoms with E-state index in [1.54, 1.807) is 12.1 Å². The van der Waals surface area contributed by atoms with E-state index in [0.717, 1.165) is 0 Å². The van der Waals surface area contributed by atoms with Crippen molar-refractivity contribution in [3.8, 4) is 5.75 Å². The first-order valence-electron chi connectivity index (χ1n) is 3.14. The van der Waals surface area contributed by atoms with Gasteiger partial charge in [-0.15, -0.1) is 0 Å². The maximum absolute atomic E-state index is 10.4. The van der Waals surface area contributed by atoms with Crippen LogP contribution in [-0.2, 0) is 16.8 Å². The van der Waals surface area contributed by atoms with Crippen molar-refractivity contribution in [3.63, 3.8) is 0 Å². The minimum Gasteiger partial charge on any atom is -0.507 e. The summed E-state index contributed by atoms with van der Waals surface area (Å²) in [6.45, 7) is 0. The fraction of sp³-hybridized carbons (Fsp3) is 0.143. The molecule has 0 aliphatic carbocycles. The summed E-state index contributed by atoms with van der Waals surface area (Å²) in [5.41, 5.74) is 0.709. The van der Waals surface area contributed by atoms with Crippen LogP contribution in [0.25, 0.3) is 0 Å². The van der Waals surface area contributed by atoms with Gasteiger partial charge in [0.25, 0.3) is 0 Å². The predicted molar refractivity (Wildman–Crippen MR) is 50.3 cm³/mol. The van der Waals surface area contributed by atoms with Crippen molar-refractivity contribution in [1.29, 1.82) is 0 Å². The molecule has 0 fully saturated rings. The van der Waals surface area contributed by atoms with E-state index >= 15 is 0 Å². The topological polar surface area (TPSA) is 57.5 Å². The number of rotatable bonds is 2. The maximum Gasteiger partial charge on any atom is 0.157 e. The van der Waals surface area contributed by atoms with Gasteiger partial charge in [0.1, 0.15) is 5.75 Å². The Labute approximate surface area is 80.8 Å². The van der Waals surface area contributed by atoms with Gasteiger partial charge in [0, 0.05) is 0 Å². The van der Waals surface area contributed by atoms with Gasteiger partial charge in [0.15, 0.2) is 11.1 Å². The first-order valence-corrected chi connectivity index (χ1v) is 5.21. The molecule has 1 unspecified atom stereocenters. The van der Waals surface area contributed by atoms with Crippen LogP contribution < -0.4 is 0 Å². The number of hydrogen-bond donors (Lipinski definition) is 2. The third kappa shape index (κ3) is 2.58. The van der Waals surface area contributed by atoms with Crippen LogP contribution in [0, 0.1) is 0 Å². The summed E-state index contributed by atoms with van der Waals surface area (Å²) in [5, 5.41) is 9.09. The van der Waals surface area contributed by atoms with Gasteiger partial charge in [-0.25, -0.2) is 4.21 Å². The minimum absolute atomic E-state index is 0.0822. The molecule has 0 saturated heterocycles. The Morgan fingerprint density at radius 1 is 1.50 bits per heavy atom. The normalized spacial score (nSPS) is 12.8. The van der Waals surface area contributed by atoms with Gasteiger partial charge in [0.05, 0.1) is 10.2 Å². The number of benzene rings is 1. The zero-order chi connectivity index (χ0) is 9.14. The van der Waals surface area contributed by atoms with Crippen LogP contribution in [0.1, 0.15) is 5.56 Å². The molecule has 3 nitrogen and oxygen atoms in total. The van der Waals surface area contributed by atoms with E-state index in [9.17, 15) is 4.21 Å². The van der Waals surface area contributed by atoms with Crippen molar-refractivity contribution in [2.45, 2.75) is 5.75 Å². The molecule has 0 spiro atoms. The lowest BCUT2D eigenvalue weighted by molar-refractivity contribution is 0.471. The lowest BCUT2D eigenvalue weighted by atomic mass is 10.2. The maximum atomic E-state index is 10.4. The second-order valence-corrected chi connectivity index (χ2v) is 4.04. The molecule has 0 radical (unpaired) electrons. The first-order chi connectivity index (χ1) is 5.59. The lowest BCUT2D eigenvalue weighted by Crippen LogP contribution is -1.92. The Hall–Kier alpha value is -0.390. The summed E-state index contributed by atoms with van der Waals surface area (Å²) in [6.07, 6.45) is 0. The van der Waals surface area contributed by atoms with E-state index in [4.69, 9.17) is 9.66 Å². The van der Waals surface area contributed by atoms with Gasteiger partial charge in [-0.1, -0.05) is 6.07 Å². The van der Waals surface area contributed by atoms with Gasteiger partial charge in [0.2, 0.25) is 0 Å². The van der Waals surface area contributed by atoms with Gasteiger partial charge < -0.3 is 9.66 Å². The van der Waals surface area contributed by atoms with Crippen molar-refractivity contribution in [3.05, 3.63) is 28.2 Å². The smallest absolute Gasteiger partial charge is 0.157 e. The van der Waals surface area contributed by atoms with Crippen molar-refractivity contribution in [2.75, 3.05) is 0 Å². The average molecular weight is 251 g/mol. The van der Waals surface area contributed by atoms with Crippen molar-refractivity contribution in [2.24, 2.45) is 0 Å². The van der Waals surface area contributed by atoms with Crippen LogP contribution in [0.15, 0.2) is 22.7 Å². The standard InChI is InChI=1S/C7H7BrO3S/c8-6-3-5(4-12(10)11)1-2-7(6)9/h1-3,9H,4H2,(H,10,11). The lowest BCUT2D eigenvalue weighted by Gasteiger charge is -1.99. The summed E-state index contributed by atoms with van der Waals surface area (Å²) in [4.78, 5) is 0. The van der Waals surface area contributed by atoms with Crippen LogP contribution in [0.5, 0.6) is 5.75 Å². The van der Waals surface area contributed by atoms with Crippen LogP contribution in [0.3, 0.4) is 0 Å². The van der Waals surface area contributed by atoms with Gasteiger partial charge in [-0.2, -0.15) is 0 Å².